The van der Waals surface area contributed by atoms with Crippen LogP contribution in [0.5, 0.6) is 17.2 Å². The van der Waals surface area contributed by atoms with Gasteiger partial charge in [0.25, 0.3) is 10.0 Å². The molecule has 0 aliphatic heterocycles. The number of benzene rings is 3. The van der Waals surface area contributed by atoms with Crippen molar-refractivity contribution in [2.24, 2.45) is 0 Å². The summed E-state index contributed by atoms with van der Waals surface area (Å²) in [6.45, 7) is 5.59. The van der Waals surface area contributed by atoms with E-state index in [0.717, 1.165) is 21.9 Å². The molecule has 0 aromatic heterocycles. The SMILES string of the molecule is CCCNC(=O)C(CC)N(Cc1ccc(C)cc1)C(=O)CN(c1cc(Cl)ccc1OC)S(=O)(=O)c1ccc(OC)c(OC)c1. The van der Waals surface area contributed by atoms with Gasteiger partial charge in [0.1, 0.15) is 18.3 Å². The maximum Gasteiger partial charge on any atom is 0.265 e. The van der Waals surface area contributed by atoms with Gasteiger partial charge in [-0.1, -0.05) is 55.3 Å². The number of sulfonamides is 1. The lowest BCUT2D eigenvalue weighted by Gasteiger charge is -2.33. The van der Waals surface area contributed by atoms with Gasteiger partial charge in [0, 0.05) is 24.2 Å². The number of hydrogen-bond donors (Lipinski definition) is 1. The van der Waals surface area contributed by atoms with E-state index in [9.17, 15) is 18.0 Å². The molecular formula is C32H40ClN3O7S. The van der Waals surface area contributed by atoms with Crippen LogP contribution in [0.25, 0.3) is 0 Å². The van der Waals surface area contributed by atoms with Crippen LogP contribution in [0.2, 0.25) is 5.02 Å². The van der Waals surface area contributed by atoms with Crippen molar-refractivity contribution >= 4 is 39.1 Å². The zero-order valence-electron chi connectivity index (χ0n) is 25.9. The summed E-state index contributed by atoms with van der Waals surface area (Å²) in [6.07, 6.45) is 1.04. The van der Waals surface area contributed by atoms with Crippen LogP contribution in [-0.4, -0.2) is 65.6 Å². The number of anilines is 1. The van der Waals surface area contributed by atoms with Gasteiger partial charge < -0.3 is 24.4 Å². The summed E-state index contributed by atoms with van der Waals surface area (Å²) in [5.74, 6) is -0.191. The van der Waals surface area contributed by atoms with Crippen LogP contribution in [0, 0.1) is 6.92 Å². The maximum atomic E-state index is 14.3. The second-order valence-corrected chi connectivity index (χ2v) is 12.4. The van der Waals surface area contributed by atoms with E-state index < -0.39 is 28.5 Å². The Morgan fingerprint density at radius 1 is 0.886 bits per heavy atom. The van der Waals surface area contributed by atoms with Crippen molar-refractivity contribution in [3.05, 3.63) is 76.8 Å². The molecule has 2 amide bonds. The molecule has 0 radical (unpaired) electrons. The second kappa shape index (κ2) is 15.7. The van der Waals surface area contributed by atoms with E-state index in [1.54, 1.807) is 6.07 Å². The quantitative estimate of drug-likeness (QED) is 0.242. The third kappa shape index (κ3) is 8.15. The molecule has 10 nitrogen and oxygen atoms in total. The smallest absolute Gasteiger partial charge is 0.265 e. The summed E-state index contributed by atoms with van der Waals surface area (Å²) in [5.41, 5.74) is 1.89. The molecule has 0 spiro atoms. The largest absolute Gasteiger partial charge is 0.495 e. The molecule has 44 heavy (non-hydrogen) atoms. The van der Waals surface area contributed by atoms with Crippen LogP contribution < -0.4 is 23.8 Å². The normalized spacial score (nSPS) is 11.8. The number of hydrogen-bond acceptors (Lipinski definition) is 7. The van der Waals surface area contributed by atoms with Crippen LogP contribution in [0.3, 0.4) is 0 Å². The van der Waals surface area contributed by atoms with E-state index >= 15 is 0 Å². The van der Waals surface area contributed by atoms with Crippen molar-refractivity contribution in [3.8, 4) is 17.2 Å². The lowest BCUT2D eigenvalue weighted by molar-refractivity contribution is -0.140. The number of halogens is 1. The van der Waals surface area contributed by atoms with E-state index in [-0.39, 0.29) is 39.6 Å². The number of nitrogens with one attached hydrogen (secondary N) is 1. The van der Waals surface area contributed by atoms with E-state index in [4.69, 9.17) is 25.8 Å². The van der Waals surface area contributed by atoms with Gasteiger partial charge in [-0.3, -0.25) is 13.9 Å². The molecule has 0 aliphatic carbocycles. The van der Waals surface area contributed by atoms with E-state index in [0.29, 0.717) is 18.7 Å². The Morgan fingerprint density at radius 2 is 1.52 bits per heavy atom. The lowest BCUT2D eigenvalue weighted by Crippen LogP contribution is -2.52. The van der Waals surface area contributed by atoms with Gasteiger partial charge in [-0.15, -0.1) is 0 Å². The van der Waals surface area contributed by atoms with Crippen LogP contribution in [0.4, 0.5) is 5.69 Å². The van der Waals surface area contributed by atoms with Crippen molar-refractivity contribution in [1.29, 1.82) is 0 Å². The van der Waals surface area contributed by atoms with Gasteiger partial charge in [0.05, 0.1) is 31.9 Å². The minimum atomic E-state index is -4.42. The van der Waals surface area contributed by atoms with E-state index in [2.05, 4.69) is 5.32 Å². The molecule has 0 bridgehead atoms. The first-order valence-electron chi connectivity index (χ1n) is 14.2. The first kappa shape index (κ1) is 34.5. The predicted molar refractivity (Wildman–Crippen MR) is 171 cm³/mol. The Bertz CT molecular complexity index is 1550. The fourth-order valence-electron chi connectivity index (χ4n) is 4.65. The van der Waals surface area contributed by atoms with Crippen molar-refractivity contribution in [3.63, 3.8) is 0 Å². The van der Waals surface area contributed by atoms with Gasteiger partial charge in [-0.2, -0.15) is 0 Å². The third-order valence-corrected chi connectivity index (χ3v) is 9.03. The number of nitrogens with zero attached hydrogens (tertiary/aromatic N) is 2. The van der Waals surface area contributed by atoms with Crippen molar-refractivity contribution < 1.29 is 32.2 Å². The number of rotatable bonds is 15. The van der Waals surface area contributed by atoms with E-state index in [1.165, 1.54) is 56.6 Å². The second-order valence-electron chi connectivity index (χ2n) is 10.1. The number of methoxy groups -OCH3 is 3. The first-order chi connectivity index (χ1) is 21.0. The molecule has 12 heteroatoms. The third-order valence-electron chi connectivity index (χ3n) is 7.04. The van der Waals surface area contributed by atoms with Crippen LogP contribution in [-0.2, 0) is 26.2 Å². The number of carbonyl (C=O) groups excluding carboxylic acids is 2. The van der Waals surface area contributed by atoms with Gasteiger partial charge >= 0.3 is 0 Å². The fourth-order valence-corrected chi connectivity index (χ4v) is 6.25. The minimum Gasteiger partial charge on any atom is -0.495 e. The Morgan fingerprint density at radius 3 is 2.11 bits per heavy atom. The van der Waals surface area contributed by atoms with Crippen LogP contribution in [0.15, 0.2) is 65.6 Å². The Hall–Kier alpha value is -3.96. The maximum absolute atomic E-state index is 14.3. The molecule has 3 rings (SSSR count). The monoisotopic (exact) mass is 645 g/mol. The first-order valence-corrected chi connectivity index (χ1v) is 16.0. The molecule has 0 fully saturated rings. The minimum absolute atomic E-state index is 0.0573. The van der Waals surface area contributed by atoms with Crippen molar-refractivity contribution in [2.45, 2.75) is 51.1 Å². The average molecular weight is 646 g/mol. The molecule has 0 heterocycles. The number of carbonyl (C=O) groups is 2. The summed E-state index contributed by atoms with van der Waals surface area (Å²) in [7, 11) is -0.193. The van der Waals surface area contributed by atoms with E-state index in [1.807, 2.05) is 45.0 Å². The molecule has 0 saturated heterocycles. The zero-order valence-corrected chi connectivity index (χ0v) is 27.5. The Kier molecular flexibility index (Phi) is 12.3. The van der Waals surface area contributed by atoms with Crippen LogP contribution in [0.1, 0.15) is 37.8 Å². The zero-order chi connectivity index (χ0) is 32.4. The highest BCUT2D eigenvalue weighted by Gasteiger charge is 2.35. The predicted octanol–water partition coefficient (Wildman–Crippen LogP) is 5.20. The molecule has 1 unspecified atom stereocenters. The highest BCUT2D eigenvalue weighted by atomic mass is 35.5. The molecule has 3 aromatic rings. The number of ether oxygens (including phenoxy) is 3. The molecular weight excluding hydrogens is 606 g/mol. The lowest BCUT2D eigenvalue weighted by atomic mass is 10.1. The topological polar surface area (TPSA) is 114 Å². The molecule has 1 atom stereocenters. The summed E-state index contributed by atoms with van der Waals surface area (Å²) in [5, 5.41) is 3.11. The molecule has 0 aliphatic rings. The van der Waals surface area contributed by atoms with Gasteiger partial charge in [-0.25, -0.2) is 8.42 Å². The molecule has 1 N–H and O–H groups in total. The Balaban J connectivity index is 2.16. The van der Waals surface area contributed by atoms with Crippen molar-refractivity contribution in [2.75, 3.05) is 38.7 Å². The molecule has 238 valence electrons. The highest BCUT2D eigenvalue weighted by Crippen LogP contribution is 2.37. The summed E-state index contributed by atoms with van der Waals surface area (Å²) < 4.78 is 45.7. The average Bonchev–Trinajstić information content (AvgIpc) is 3.02. The van der Waals surface area contributed by atoms with Gasteiger partial charge in [0.15, 0.2) is 11.5 Å². The molecule has 3 aromatic carbocycles. The number of aryl methyl sites for hydroxylation is 1. The van der Waals surface area contributed by atoms with Crippen molar-refractivity contribution in [1.82, 2.24) is 10.2 Å². The molecule has 0 saturated carbocycles. The van der Waals surface area contributed by atoms with Gasteiger partial charge in [-0.05, 0) is 55.7 Å². The highest BCUT2D eigenvalue weighted by molar-refractivity contribution is 7.92. The van der Waals surface area contributed by atoms with Crippen LogP contribution >= 0.6 is 11.6 Å². The van der Waals surface area contributed by atoms with Gasteiger partial charge in [0.2, 0.25) is 11.8 Å². The summed E-state index contributed by atoms with van der Waals surface area (Å²) in [6, 6.07) is 15.4. The standard InChI is InChI=1S/C32H40ClN3O7S/c1-7-17-34-32(38)26(8-2)35(20-23-11-9-22(3)10-12-23)31(37)21-36(27-18-24(33)13-15-28(27)41-4)44(39,40)25-14-16-29(42-5)30(19-25)43-6/h9-16,18-19,26H,7-8,17,20-21H2,1-6H3,(H,34,38). The fraction of sp³-hybridized carbons (Fsp3) is 0.375. The summed E-state index contributed by atoms with van der Waals surface area (Å²) in [4.78, 5) is 28.8. The number of amides is 2. The Labute approximate surface area is 264 Å². The summed E-state index contributed by atoms with van der Waals surface area (Å²) >= 11 is 6.32.